The van der Waals surface area contributed by atoms with Crippen LogP contribution in [0.15, 0.2) is 41.6 Å². The van der Waals surface area contributed by atoms with Crippen LogP contribution in [0, 0.1) is 0 Å². The lowest BCUT2D eigenvalue weighted by Crippen LogP contribution is -2.05. The third-order valence-corrected chi connectivity index (χ3v) is 2.37. The summed E-state index contributed by atoms with van der Waals surface area (Å²) in [6.45, 7) is 0. The van der Waals surface area contributed by atoms with Crippen LogP contribution in [0.3, 0.4) is 0 Å². The molecule has 3 rings (SSSR count). The number of pyridine rings is 1. The van der Waals surface area contributed by atoms with Gasteiger partial charge in [0.25, 0.3) is 5.56 Å². The van der Waals surface area contributed by atoms with Gasteiger partial charge in [-0.25, -0.2) is 4.98 Å². The molecule has 0 spiro atoms. The fourth-order valence-corrected chi connectivity index (χ4v) is 1.67. The van der Waals surface area contributed by atoms with Crippen molar-refractivity contribution in [3.8, 4) is 0 Å². The maximum atomic E-state index is 11.2. The molecule has 4 heteroatoms. The predicted octanol–water partition coefficient (Wildman–Crippen LogP) is 1.47. The molecule has 0 aliphatic rings. The maximum absolute atomic E-state index is 11.2. The van der Waals surface area contributed by atoms with E-state index in [0.29, 0.717) is 0 Å². The first-order valence-electron chi connectivity index (χ1n) is 4.56. The smallest absolute Gasteiger partial charge is 0.266 e. The van der Waals surface area contributed by atoms with Gasteiger partial charge in [-0.1, -0.05) is 6.07 Å². The van der Waals surface area contributed by atoms with Gasteiger partial charge in [-0.2, -0.15) is 0 Å². The number of hydrogen-bond donors (Lipinski definition) is 1. The van der Waals surface area contributed by atoms with Crippen molar-refractivity contribution in [2.75, 3.05) is 0 Å². The van der Waals surface area contributed by atoms with Crippen molar-refractivity contribution >= 4 is 21.8 Å². The zero-order valence-electron chi connectivity index (χ0n) is 7.77. The summed E-state index contributed by atoms with van der Waals surface area (Å²) in [6.07, 6.45) is 4.74. The predicted molar refractivity (Wildman–Crippen MR) is 57.7 cm³/mol. The lowest BCUT2D eigenvalue weighted by Gasteiger charge is -2.00. The Kier molecular flexibility index (Phi) is 1.56. The van der Waals surface area contributed by atoms with Gasteiger partial charge in [-0.15, -0.1) is 0 Å². The average Bonchev–Trinajstić information content (AvgIpc) is 2.29. The normalized spacial score (nSPS) is 10.9. The van der Waals surface area contributed by atoms with Crippen LogP contribution < -0.4 is 5.56 Å². The Balaban J connectivity index is 2.63. The minimum absolute atomic E-state index is 0.196. The molecule has 3 aromatic rings. The van der Waals surface area contributed by atoms with E-state index in [9.17, 15) is 4.79 Å². The van der Waals surface area contributed by atoms with Crippen molar-refractivity contribution in [2.24, 2.45) is 0 Å². The summed E-state index contributed by atoms with van der Waals surface area (Å²) in [7, 11) is 0. The second kappa shape index (κ2) is 2.88. The van der Waals surface area contributed by atoms with Crippen molar-refractivity contribution in [1.82, 2.24) is 15.0 Å². The second-order valence-electron chi connectivity index (χ2n) is 3.30. The summed E-state index contributed by atoms with van der Waals surface area (Å²) >= 11 is 0. The van der Waals surface area contributed by atoms with E-state index in [1.54, 1.807) is 12.4 Å². The van der Waals surface area contributed by atoms with E-state index in [1.165, 1.54) is 6.20 Å². The third kappa shape index (κ3) is 1.19. The van der Waals surface area contributed by atoms with E-state index in [-0.39, 0.29) is 5.56 Å². The summed E-state index contributed by atoms with van der Waals surface area (Å²) in [5.41, 5.74) is 1.32. The van der Waals surface area contributed by atoms with Gasteiger partial charge in [0.1, 0.15) is 0 Å². The molecule has 4 nitrogen and oxygen atoms in total. The average molecular weight is 197 g/mol. The molecule has 0 aliphatic carbocycles. The number of benzene rings is 1. The van der Waals surface area contributed by atoms with Gasteiger partial charge in [-0.05, 0) is 17.5 Å². The van der Waals surface area contributed by atoms with Crippen LogP contribution in [-0.2, 0) is 0 Å². The first-order chi connectivity index (χ1) is 7.34. The standard InChI is InChI=1S/C11H7N3O/c15-10-6-13-9-2-1-7-3-4-12-5-8(7)11(9)14-10/h1-6H,(H,14,15). The highest BCUT2D eigenvalue weighted by atomic mass is 16.1. The van der Waals surface area contributed by atoms with Crippen molar-refractivity contribution < 1.29 is 0 Å². The molecule has 0 saturated heterocycles. The van der Waals surface area contributed by atoms with Crippen molar-refractivity contribution in [3.63, 3.8) is 0 Å². The van der Waals surface area contributed by atoms with Gasteiger partial charge in [-0.3, -0.25) is 9.78 Å². The lowest BCUT2D eigenvalue weighted by molar-refractivity contribution is 1.22. The number of H-pyrrole nitrogens is 1. The van der Waals surface area contributed by atoms with E-state index >= 15 is 0 Å². The molecule has 0 radical (unpaired) electrons. The first-order valence-corrected chi connectivity index (χ1v) is 4.56. The Bertz CT molecular complexity index is 703. The molecule has 0 bridgehead atoms. The number of nitrogens with one attached hydrogen (secondary N) is 1. The van der Waals surface area contributed by atoms with Crippen LogP contribution in [0.4, 0.5) is 0 Å². The van der Waals surface area contributed by atoms with Gasteiger partial charge >= 0.3 is 0 Å². The summed E-state index contributed by atoms with van der Waals surface area (Å²) in [5, 5.41) is 1.96. The van der Waals surface area contributed by atoms with Crippen LogP contribution in [0.2, 0.25) is 0 Å². The Morgan fingerprint density at radius 3 is 3.00 bits per heavy atom. The Morgan fingerprint density at radius 2 is 2.07 bits per heavy atom. The van der Waals surface area contributed by atoms with Gasteiger partial charge in [0.15, 0.2) is 0 Å². The molecule has 0 fully saturated rings. The number of aromatic nitrogens is 3. The largest absolute Gasteiger partial charge is 0.319 e. The van der Waals surface area contributed by atoms with Crippen LogP contribution in [0.25, 0.3) is 21.8 Å². The minimum atomic E-state index is -0.196. The van der Waals surface area contributed by atoms with Gasteiger partial charge in [0.2, 0.25) is 0 Å². The number of aromatic amines is 1. The van der Waals surface area contributed by atoms with E-state index < -0.39 is 0 Å². The number of fused-ring (bicyclic) bond motifs is 3. The Labute approximate surface area is 84.6 Å². The molecule has 1 N–H and O–H groups in total. The van der Waals surface area contributed by atoms with Gasteiger partial charge < -0.3 is 4.98 Å². The molecule has 1 aromatic carbocycles. The van der Waals surface area contributed by atoms with E-state index in [2.05, 4.69) is 15.0 Å². The number of nitrogens with zero attached hydrogens (tertiary/aromatic N) is 2. The topological polar surface area (TPSA) is 58.6 Å². The molecule has 0 amide bonds. The fourth-order valence-electron chi connectivity index (χ4n) is 1.67. The highest BCUT2D eigenvalue weighted by molar-refractivity contribution is 6.02. The molecule has 0 aliphatic heterocycles. The van der Waals surface area contributed by atoms with E-state index in [0.717, 1.165) is 21.8 Å². The maximum Gasteiger partial charge on any atom is 0.266 e. The van der Waals surface area contributed by atoms with Crippen molar-refractivity contribution in [3.05, 3.63) is 47.1 Å². The monoisotopic (exact) mass is 197 g/mol. The zero-order valence-corrected chi connectivity index (χ0v) is 7.77. The molecule has 0 atom stereocenters. The molecule has 2 heterocycles. The molecule has 72 valence electrons. The van der Waals surface area contributed by atoms with E-state index in [1.807, 2.05) is 18.2 Å². The van der Waals surface area contributed by atoms with Crippen molar-refractivity contribution in [1.29, 1.82) is 0 Å². The molecule has 0 unspecified atom stereocenters. The Hall–Kier alpha value is -2.23. The molecular formula is C11H7N3O. The van der Waals surface area contributed by atoms with Crippen LogP contribution in [0.5, 0.6) is 0 Å². The summed E-state index contributed by atoms with van der Waals surface area (Å²) in [6, 6.07) is 5.75. The number of hydrogen-bond acceptors (Lipinski definition) is 3. The SMILES string of the molecule is O=c1cnc2ccc3ccncc3c2[nH]1. The fraction of sp³-hybridized carbons (Fsp3) is 0. The van der Waals surface area contributed by atoms with Gasteiger partial charge in [0, 0.05) is 17.8 Å². The van der Waals surface area contributed by atoms with Gasteiger partial charge in [0.05, 0.1) is 17.2 Å². The quantitative estimate of drug-likeness (QED) is 0.555. The zero-order chi connectivity index (χ0) is 10.3. The summed E-state index contributed by atoms with van der Waals surface area (Å²) in [4.78, 5) is 22.1. The minimum Gasteiger partial charge on any atom is -0.319 e. The highest BCUT2D eigenvalue weighted by Crippen LogP contribution is 2.19. The lowest BCUT2D eigenvalue weighted by atomic mass is 10.1. The molecular weight excluding hydrogens is 190 g/mol. The number of rotatable bonds is 0. The van der Waals surface area contributed by atoms with Crippen LogP contribution in [0.1, 0.15) is 0 Å². The third-order valence-electron chi connectivity index (χ3n) is 2.37. The van der Waals surface area contributed by atoms with Crippen molar-refractivity contribution in [2.45, 2.75) is 0 Å². The van der Waals surface area contributed by atoms with E-state index in [4.69, 9.17) is 0 Å². The highest BCUT2D eigenvalue weighted by Gasteiger charge is 2.01. The molecule has 2 aromatic heterocycles. The second-order valence-corrected chi connectivity index (χ2v) is 3.30. The first kappa shape index (κ1) is 8.11. The van der Waals surface area contributed by atoms with Crippen LogP contribution >= 0.6 is 0 Å². The summed E-state index contributed by atoms with van der Waals surface area (Å²) in [5.74, 6) is 0. The Morgan fingerprint density at radius 1 is 1.13 bits per heavy atom. The molecule has 0 saturated carbocycles. The van der Waals surface area contributed by atoms with Crippen LogP contribution in [-0.4, -0.2) is 15.0 Å². The molecule has 15 heavy (non-hydrogen) atoms. The summed E-state index contributed by atoms with van der Waals surface area (Å²) < 4.78 is 0.